The minimum absolute atomic E-state index is 0.0393. The van der Waals surface area contributed by atoms with Crippen LogP contribution in [0.3, 0.4) is 0 Å². The van der Waals surface area contributed by atoms with Gasteiger partial charge in [-0.15, -0.1) is 0 Å². The number of ether oxygens (including phenoxy) is 2. The molecular formula is C9H16N2O3. The van der Waals surface area contributed by atoms with Crippen LogP contribution in [0.4, 0.5) is 0 Å². The molecule has 1 spiro atoms. The highest BCUT2D eigenvalue weighted by Gasteiger charge is 2.69. The predicted octanol–water partition coefficient (Wildman–Crippen LogP) is 0.620. The van der Waals surface area contributed by atoms with Crippen LogP contribution >= 0.6 is 0 Å². The third-order valence-electron chi connectivity index (χ3n) is 3.44. The van der Waals surface area contributed by atoms with Crippen molar-refractivity contribution < 1.29 is 9.47 Å². The van der Waals surface area contributed by atoms with Crippen molar-refractivity contribution in [3.8, 4) is 0 Å². The second-order valence-corrected chi connectivity index (χ2v) is 4.21. The highest BCUT2D eigenvalue weighted by atomic mass is 16.6. The highest BCUT2D eigenvalue weighted by molar-refractivity contribution is 5.19. The van der Waals surface area contributed by atoms with Gasteiger partial charge in [0.25, 0.3) is 0 Å². The zero-order valence-electron chi connectivity index (χ0n) is 8.47. The predicted molar refractivity (Wildman–Crippen MR) is 50.6 cm³/mol. The fourth-order valence-electron chi connectivity index (χ4n) is 2.39. The second-order valence-electron chi connectivity index (χ2n) is 4.21. The largest absolute Gasteiger partial charge is 0.366 e. The third kappa shape index (κ3) is 1.20. The van der Waals surface area contributed by atoms with Crippen molar-refractivity contribution in [1.29, 1.82) is 0 Å². The minimum Gasteiger partial charge on any atom is -0.366 e. The van der Waals surface area contributed by atoms with Gasteiger partial charge in [-0.05, 0) is 6.92 Å². The van der Waals surface area contributed by atoms with Crippen LogP contribution in [-0.4, -0.2) is 30.6 Å². The molecule has 2 fully saturated rings. The number of nitrogens with zero attached hydrogens (tertiary/aromatic N) is 1. The zero-order chi connectivity index (χ0) is 10.3. The fraction of sp³-hybridized carbons (Fsp3) is 1.00. The molecule has 1 aliphatic carbocycles. The lowest BCUT2D eigenvalue weighted by Crippen LogP contribution is -2.30. The highest BCUT2D eigenvalue weighted by Crippen LogP contribution is 2.54. The van der Waals surface area contributed by atoms with Crippen LogP contribution in [0.15, 0.2) is 5.18 Å². The van der Waals surface area contributed by atoms with Gasteiger partial charge in [-0.2, -0.15) is 4.91 Å². The van der Waals surface area contributed by atoms with Gasteiger partial charge in [-0.1, -0.05) is 12.1 Å². The van der Waals surface area contributed by atoms with Crippen molar-refractivity contribution >= 4 is 0 Å². The van der Waals surface area contributed by atoms with E-state index in [1.165, 1.54) is 0 Å². The molecule has 2 aliphatic rings. The topological polar surface area (TPSA) is 73.9 Å². The van der Waals surface area contributed by atoms with E-state index in [0.29, 0.717) is 0 Å². The lowest BCUT2D eigenvalue weighted by atomic mass is 9.96. The molecule has 0 bridgehead atoms. The molecule has 2 rings (SSSR count). The molecule has 5 nitrogen and oxygen atoms in total. The van der Waals surface area contributed by atoms with E-state index in [0.717, 1.165) is 6.42 Å². The van der Waals surface area contributed by atoms with Gasteiger partial charge in [0.15, 0.2) is 0 Å². The average Bonchev–Trinajstić information content (AvgIpc) is 2.74. The first-order valence-corrected chi connectivity index (χ1v) is 4.97. The summed E-state index contributed by atoms with van der Waals surface area (Å²) in [5.74, 6) is 0.166. The van der Waals surface area contributed by atoms with Crippen molar-refractivity contribution in [2.75, 3.05) is 6.73 Å². The maximum absolute atomic E-state index is 10.8. The van der Waals surface area contributed by atoms with Crippen molar-refractivity contribution in [2.45, 2.75) is 44.1 Å². The zero-order valence-corrected chi connectivity index (χ0v) is 8.47. The molecule has 2 unspecified atom stereocenters. The van der Waals surface area contributed by atoms with Crippen molar-refractivity contribution in [3.63, 3.8) is 0 Å². The van der Waals surface area contributed by atoms with Crippen LogP contribution in [0, 0.1) is 10.8 Å². The quantitative estimate of drug-likeness (QED) is 0.535. The molecule has 2 N–H and O–H groups in total. The first-order valence-electron chi connectivity index (χ1n) is 4.97. The molecule has 5 atom stereocenters. The van der Waals surface area contributed by atoms with E-state index >= 15 is 0 Å². The van der Waals surface area contributed by atoms with Crippen LogP contribution < -0.4 is 5.73 Å². The molecule has 0 amide bonds. The molecule has 0 radical (unpaired) electrons. The van der Waals surface area contributed by atoms with Crippen LogP contribution in [0.5, 0.6) is 0 Å². The van der Waals surface area contributed by atoms with Crippen LogP contribution in [-0.2, 0) is 9.47 Å². The molecule has 5 heteroatoms. The van der Waals surface area contributed by atoms with E-state index in [4.69, 9.17) is 15.2 Å². The monoisotopic (exact) mass is 200 g/mol. The Morgan fingerprint density at radius 3 is 2.93 bits per heavy atom. The molecule has 80 valence electrons. The summed E-state index contributed by atoms with van der Waals surface area (Å²) in [5.41, 5.74) is 4.83. The molecule has 0 aromatic rings. The number of nitrogens with two attached hydrogens (primary N) is 1. The summed E-state index contributed by atoms with van der Waals surface area (Å²) in [4.78, 5) is 10.8. The van der Waals surface area contributed by atoms with Gasteiger partial charge in [0, 0.05) is 12.3 Å². The van der Waals surface area contributed by atoms with E-state index in [1.54, 1.807) is 0 Å². The molecule has 1 aliphatic heterocycles. The number of hydrogen-bond donors (Lipinski definition) is 1. The summed E-state index contributed by atoms with van der Waals surface area (Å²) in [5, 5.41) is 3.17. The van der Waals surface area contributed by atoms with Crippen molar-refractivity contribution in [1.82, 2.24) is 0 Å². The van der Waals surface area contributed by atoms with E-state index in [1.807, 2.05) is 13.8 Å². The molecule has 1 saturated carbocycles. The summed E-state index contributed by atoms with van der Waals surface area (Å²) in [7, 11) is 0. The summed E-state index contributed by atoms with van der Waals surface area (Å²) in [6.07, 6.45) is 0.779. The Kier molecular flexibility index (Phi) is 2.33. The summed E-state index contributed by atoms with van der Waals surface area (Å²) < 4.78 is 11.0. The van der Waals surface area contributed by atoms with Crippen LogP contribution in [0.25, 0.3) is 0 Å². The van der Waals surface area contributed by atoms with Gasteiger partial charge in [-0.25, -0.2) is 0 Å². The van der Waals surface area contributed by atoms with Gasteiger partial charge >= 0.3 is 0 Å². The van der Waals surface area contributed by atoms with Crippen LogP contribution in [0.2, 0.25) is 0 Å². The Hall–Kier alpha value is -0.520. The van der Waals surface area contributed by atoms with Crippen molar-refractivity contribution in [3.05, 3.63) is 4.91 Å². The molecule has 0 aromatic carbocycles. The second kappa shape index (κ2) is 3.25. The minimum atomic E-state index is -0.458. The molecule has 0 aromatic heterocycles. The summed E-state index contributed by atoms with van der Waals surface area (Å²) >= 11 is 0. The van der Waals surface area contributed by atoms with Gasteiger partial charge in [0.1, 0.15) is 11.6 Å². The van der Waals surface area contributed by atoms with Gasteiger partial charge in [0.2, 0.25) is 0 Å². The maximum Gasteiger partial charge on any atom is 0.128 e. The van der Waals surface area contributed by atoms with Crippen LogP contribution in [0.1, 0.15) is 20.3 Å². The molecule has 1 heterocycles. The lowest BCUT2D eigenvalue weighted by Gasteiger charge is -2.13. The smallest absolute Gasteiger partial charge is 0.128 e. The Balaban J connectivity index is 2.10. The van der Waals surface area contributed by atoms with Crippen molar-refractivity contribution in [2.24, 2.45) is 16.8 Å². The summed E-state index contributed by atoms with van der Waals surface area (Å²) in [6, 6.07) is -0.283. The SMILES string of the molecule is C[C@H]1[C@H](C)OC2(CC2OCN)[C@H]1N=O. The average molecular weight is 200 g/mol. The Bertz CT molecular complexity index is 248. The number of nitroso groups, excluding NO2 is 1. The van der Waals surface area contributed by atoms with Gasteiger partial charge in [0.05, 0.1) is 18.9 Å². The van der Waals surface area contributed by atoms with E-state index in [9.17, 15) is 4.91 Å². The Morgan fingerprint density at radius 1 is 1.64 bits per heavy atom. The molecule has 1 saturated heterocycles. The van der Waals surface area contributed by atoms with Gasteiger partial charge in [-0.3, -0.25) is 0 Å². The first kappa shape index (κ1) is 10.0. The van der Waals surface area contributed by atoms with E-state index < -0.39 is 5.60 Å². The normalized spacial score (nSPS) is 51.1. The maximum atomic E-state index is 10.8. The van der Waals surface area contributed by atoms with E-state index in [-0.39, 0.29) is 30.9 Å². The van der Waals surface area contributed by atoms with E-state index in [2.05, 4.69) is 5.18 Å². The molecular weight excluding hydrogens is 184 g/mol. The number of rotatable bonds is 3. The fourth-order valence-corrected chi connectivity index (χ4v) is 2.39. The Morgan fingerprint density at radius 2 is 2.36 bits per heavy atom. The third-order valence-corrected chi connectivity index (χ3v) is 3.44. The summed E-state index contributed by atoms with van der Waals surface area (Å²) in [6.45, 7) is 4.13. The first-order chi connectivity index (χ1) is 6.65. The molecule has 14 heavy (non-hydrogen) atoms. The number of hydrogen-bond acceptors (Lipinski definition) is 5. The lowest BCUT2D eigenvalue weighted by molar-refractivity contribution is -0.0195. The Labute approximate surface area is 82.9 Å². The van der Waals surface area contributed by atoms with Gasteiger partial charge < -0.3 is 15.2 Å². The standard InChI is InChI=1S/C9H16N2O3/c1-5-6(2)14-9(8(5)11-12)3-7(9)13-4-10/h5-8H,3-4,10H2,1-2H3/t5-,6-,7?,8-,9?/m0/s1.